The van der Waals surface area contributed by atoms with Crippen LogP contribution in [0.1, 0.15) is 46.5 Å². The summed E-state index contributed by atoms with van der Waals surface area (Å²) in [5.41, 5.74) is -0.945. The van der Waals surface area contributed by atoms with Crippen molar-refractivity contribution < 1.29 is 14.3 Å². The Morgan fingerprint density at radius 1 is 1.35 bits per heavy atom. The van der Waals surface area contributed by atoms with E-state index in [4.69, 9.17) is 4.74 Å². The Morgan fingerprint density at radius 3 is 2.30 bits per heavy atom. The first-order chi connectivity index (χ1) is 9.26. The van der Waals surface area contributed by atoms with Crippen molar-refractivity contribution in [3.8, 4) is 6.07 Å². The smallest absolute Gasteiger partial charge is 0.410 e. The molecule has 0 unspecified atom stereocenters. The molecule has 1 saturated carbocycles. The summed E-state index contributed by atoms with van der Waals surface area (Å²) in [5, 5.41) is 9.33. The molecule has 0 radical (unpaired) electrons. The molecule has 1 aliphatic heterocycles. The number of nitriles is 1. The highest BCUT2D eigenvalue weighted by Gasteiger charge is 2.50. The zero-order valence-corrected chi connectivity index (χ0v) is 12.4. The quantitative estimate of drug-likeness (QED) is 0.739. The number of nitrogens with zero attached hydrogens (tertiary/aromatic N) is 2. The fourth-order valence-corrected chi connectivity index (χ4v) is 3.05. The average molecular weight is 278 g/mol. The summed E-state index contributed by atoms with van der Waals surface area (Å²) in [7, 11) is 0. The van der Waals surface area contributed by atoms with Crippen LogP contribution >= 0.6 is 0 Å². The molecule has 20 heavy (non-hydrogen) atoms. The molecule has 1 saturated heterocycles. The maximum Gasteiger partial charge on any atom is 0.410 e. The van der Waals surface area contributed by atoms with Crippen LogP contribution in [0.5, 0.6) is 0 Å². The van der Waals surface area contributed by atoms with Gasteiger partial charge in [-0.25, -0.2) is 4.79 Å². The number of rotatable bonds is 1. The molecule has 2 rings (SSSR count). The Labute approximate surface area is 119 Å². The van der Waals surface area contributed by atoms with Crippen molar-refractivity contribution in [1.82, 2.24) is 4.90 Å². The molecule has 0 aromatic rings. The van der Waals surface area contributed by atoms with E-state index in [9.17, 15) is 14.9 Å². The van der Waals surface area contributed by atoms with E-state index in [-0.39, 0.29) is 17.8 Å². The van der Waals surface area contributed by atoms with Crippen molar-refractivity contribution in [2.24, 2.45) is 11.3 Å². The van der Waals surface area contributed by atoms with Crippen LogP contribution in [-0.2, 0) is 9.53 Å². The number of ketones is 1. The summed E-state index contributed by atoms with van der Waals surface area (Å²) < 4.78 is 5.35. The SMILES string of the molecule is CC(C)(C)OC(=O)N1CCC(C2(C#N)CC(=O)C2)CC1. The van der Waals surface area contributed by atoms with Crippen LogP contribution < -0.4 is 0 Å². The lowest BCUT2D eigenvalue weighted by Crippen LogP contribution is -2.49. The summed E-state index contributed by atoms with van der Waals surface area (Å²) in [4.78, 5) is 24.9. The normalized spacial score (nSPS) is 22.9. The minimum absolute atomic E-state index is 0.182. The van der Waals surface area contributed by atoms with Gasteiger partial charge in [-0.2, -0.15) is 5.26 Å². The molecule has 110 valence electrons. The first kappa shape index (κ1) is 14.8. The number of carbonyl (C=O) groups excluding carboxylic acids is 2. The highest BCUT2D eigenvalue weighted by atomic mass is 16.6. The Hall–Kier alpha value is -1.57. The zero-order chi connectivity index (χ0) is 15.0. The highest BCUT2D eigenvalue weighted by Crippen LogP contribution is 2.48. The molecule has 1 aliphatic carbocycles. The Morgan fingerprint density at radius 2 is 1.90 bits per heavy atom. The van der Waals surface area contributed by atoms with Crippen molar-refractivity contribution in [2.45, 2.75) is 52.1 Å². The van der Waals surface area contributed by atoms with E-state index in [1.54, 1.807) is 4.90 Å². The molecule has 0 aromatic heterocycles. The van der Waals surface area contributed by atoms with Crippen LogP contribution in [0.2, 0.25) is 0 Å². The zero-order valence-electron chi connectivity index (χ0n) is 12.4. The van der Waals surface area contributed by atoms with Gasteiger partial charge < -0.3 is 9.64 Å². The lowest BCUT2D eigenvalue weighted by molar-refractivity contribution is -0.133. The van der Waals surface area contributed by atoms with Crippen molar-refractivity contribution in [1.29, 1.82) is 5.26 Å². The van der Waals surface area contributed by atoms with Gasteiger partial charge in [0.2, 0.25) is 0 Å². The minimum Gasteiger partial charge on any atom is -0.444 e. The largest absolute Gasteiger partial charge is 0.444 e. The van der Waals surface area contributed by atoms with Gasteiger partial charge in [0.15, 0.2) is 0 Å². The van der Waals surface area contributed by atoms with Crippen LogP contribution in [-0.4, -0.2) is 35.5 Å². The molecule has 0 N–H and O–H groups in total. The second-order valence-electron chi connectivity index (χ2n) is 6.90. The third kappa shape index (κ3) is 2.95. The van der Waals surface area contributed by atoms with Gasteiger partial charge in [0.25, 0.3) is 0 Å². The van der Waals surface area contributed by atoms with Gasteiger partial charge in [-0.3, -0.25) is 4.79 Å². The minimum atomic E-state index is -0.484. The molecule has 2 aliphatic rings. The Kier molecular flexibility index (Phi) is 3.77. The van der Waals surface area contributed by atoms with Crippen LogP contribution in [0.3, 0.4) is 0 Å². The predicted molar refractivity (Wildman–Crippen MR) is 72.8 cm³/mol. The second kappa shape index (κ2) is 5.08. The maximum absolute atomic E-state index is 12.0. The van der Waals surface area contributed by atoms with Crippen LogP contribution in [0.15, 0.2) is 0 Å². The Bertz CT molecular complexity index is 443. The van der Waals surface area contributed by atoms with Crippen LogP contribution in [0.4, 0.5) is 4.79 Å². The van der Waals surface area contributed by atoms with Crippen LogP contribution in [0, 0.1) is 22.7 Å². The molecule has 1 heterocycles. The lowest BCUT2D eigenvalue weighted by atomic mass is 9.59. The van der Waals surface area contributed by atoms with E-state index >= 15 is 0 Å². The first-order valence-electron chi connectivity index (χ1n) is 7.17. The number of likely N-dealkylation sites (tertiary alicyclic amines) is 1. The summed E-state index contributed by atoms with van der Waals surface area (Å²) in [6, 6.07) is 2.34. The number of carbonyl (C=O) groups is 2. The van der Waals surface area contributed by atoms with E-state index in [0.717, 1.165) is 12.8 Å². The molecule has 0 bridgehead atoms. The number of hydrogen-bond acceptors (Lipinski definition) is 4. The van der Waals surface area contributed by atoms with E-state index in [1.165, 1.54) is 0 Å². The van der Waals surface area contributed by atoms with E-state index in [2.05, 4.69) is 6.07 Å². The van der Waals surface area contributed by atoms with Crippen LogP contribution in [0.25, 0.3) is 0 Å². The van der Waals surface area contributed by atoms with Crippen molar-refractivity contribution in [3.05, 3.63) is 0 Å². The summed E-state index contributed by atoms with van der Waals surface area (Å²) in [5.74, 6) is 0.407. The van der Waals surface area contributed by atoms with Crippen molar-refractivity contribution >= 4 is 11.9 Å². The number of ether oxygens (including phenoxy) is 1. The van der Waals surface area contributed by atoms with Crippen molar-refractivity contribution in [3.63, 3.8) is 0 Å². The van der Waals surface area contributed by atoms with Gasteiger partial charge in [-0.1, -0.05) is 0 Å². The van der Waals surface area contributed by atoms with Gasteiger partial charge in [-0.05, 0) is 39.5 Å². The lowest BCUT2D eigenvalue weighted by Gasteiger charge is -2.44. The molecular weight excluding hydrogens is 256 g/mol. The second-order valence-corrected chi connectivity index (χ2v) is 6.90. The van der Waals surface area contributed by atoms with Gasteiger partial charge in [-0.15, -0.1) is 0 Å². The number of amides is 1. The molecule has 0 spiro atoms. The molecule has 0 atom stereocenters. The number of Topliss-reactive ketones (excluding diaryl/α,β-unsaturated/α-hetero) is 1. The summed E-state index contributed by atoms with van der Waals surface area (Å²) >= 11 is 0. The molecule has 2 fully saturated rings. The predicted octanol–water partition coefficient (Wildman–Crippen LogP) is 2.51. The average Bonchev–Trinajstić information content (AvgIpc) is 2.33. The third-order valence-electron chi connectivity index (χ3n) is 4.18. The first-order valence-corrected chi connectivity index (χ1v) is 7.17. The third-order valence-corrected chi connectivity index (χ3v) is 4.18. The Balaban J connectivity index is 1.88. The molecule has 0 aromatic carbocycles. The van der Waals surface area contributed by atoms with Gasteiger partial charge >= 0.3 is 6.09 Å². The topological polar surface area (TPSA) is 70.4 Å². The summed E-state index contributed by atoms with van der Waals surface area (Å²) in [6.45, 7) is 6.77. The van der Waals surface area contributed by atoms with Gasteiger partial charge in [0, 0.05) is 25.9 Å². The molecule has 1 amide bonds. The monoisotopic (exact) mass is 278 g/mol. The van der Waals surface area contributed by atoms with Crippen molar-refractivity contribution in [2.75, 3.05) is 13.1 Å². The highest BCUT2D eigenvalue weighted by molar-refractivity contribution is 5.87. The van der Waals surface area contributed by atoms with E-state index in [0.29, 0.717) is 25.9 Å². The molecular formula is C15H22N2O3. The number of hydrogen-bond donors (Lipinski definition) is 0. The maximum atomic E-state index is 12.0. The van der Waals surface area contributed by atoms with Gasteiger partial charge in [0.1, 0.15) is 11.4 Å². The fraction of sp³-hybridized carbons (Fsp3) is 0.800. The molecule has 5 heteroatoms. The molecule has 5 nitrogen and oxygen atoms in total. The fourth-order valence-electron chi connectivity index (χ4n) is 3.05. The standard InChI is InChI=1S/C15H22N2O3/c1-14(2,3)20-13(19)17-6-4-11(5-7-17)15(10-16)8-12(18)9-15/h11H,4-9H2,1-3H3. The van der Waals surface area contributed by atoms with E-state index in [1.807, 2.05) is 20.8 Å². The number of piperidine rings is 1. The van der Waals surface area contributed by atoms with E-state index < -0.39 is 11.0 Å². The van der Waals surface area contributed by atoms with Gasteiger partial charge in [0.05, 0.1) is 11.5 Å². The summed E-state index contributed by atoms with van der Waals surface area (Å²) in [6.07, 6.45) is 2.05.